The third-order valence-corrected chi connectivity index (χ3v) is 5.11. The van der Waals surface area contributed by atoms with Gasteiger partial charge in [0.25, 0.3) is 5.91 Å². The first-order valence-electron chi connectivity index (χ1n) is 8.73. The maximum Gasteiger partial charge on any atom is 0.253 e. The lowest BCUT2D eigenvalue weighted by Crippen LogP contribution is -2.25. The zero-order valence-electron chi connectivity index (χ0n) is 14.5. The minimum atomic E-state index is -0.132. The van der Waals surface area contributed by atoms with Crippen LogP contribution in [0.5, 0.6) is 0 Å². The van der Waals surface area contributed by atoms with Crippen LogP contribution in [0.4, 0.5) is 5.82 Å². The molecule has 0 bridgehead atoms. The van der Waals surface area contributed by atoms with Crippen LogP contribution in [-0.2, 0) is 17.7 Å². The molecule has 1 saturated heterocycles. The number of ether oxygens (including phenoxy) is 1. The lowest BCUT2D eigenvalue weighted by molar-refractivity contribution is 0.0595. The van der Waals surface area contributed by atoms with Gasteiger partial charge in [-0.15, -0.1) is 11.3 Å². The van der Waals surface area contributed by atoms with Crippen molar-refractivity contribution in [2.24, 2.45) is 5.92 Å². The van der Waals surface area contributed by atoms with Crippen molar-refractivity contribution in [2.45, 2.75) is 32.7 Å². The fraction of sp³-hybridized carbons (Fsp3) is 0.500. The lowest BCUT2D eigenvalue weighted by Gasteiger charge is -2.22. The molecule has 25 heavy (non-hydrogen) atoms. The van der Waals surface area contributed by atoms with E-state index in [1.54, 1.807) is 23.6 Å². The summed E-state index contributed by atoms with van der Waals surface area (Å²) in [7, 11) is 0. The number of pyridine rings is 1. The molecule has 0 spiro atoms. The number of aromatic nitrogens is 2. The monoisotopic (exact) mass is 360 g/mol. The second-order valence-corrected chi connectivity index (χ2v) is 7.11. The van der Waals surface area contributed by atoms with Crippen molar-refractivity contribution < 1.29 is 9.53 Å². The molecule has 1 fully saturated rings. The summed E-state index contributed by atoms with van der Waals surface area (Å²) in [6, 6.07) is 3.64. The summed E-state index contributed by atoms with van der Waals surface area (Å²) >= 11 is 1.57. The van der Waals surface area contributed by atoms with Crippen molar-refractivity contribution in [3.8, 4) is 0 Å². The number of nitrogens with zero attached hydrogens (tertiary/aromatic N) is 2. The molecule has 1 unspecified atom stereocenters. The number of rotatable bonds is 7. The topological polar surface area (TPSA) is 76.1 Å². The van der Waals surface area contributed by atoms with Crippen LogP contribution in [0.2, 0.25) is 0 Å². The van der Waals surface area contributed by atoms with Crippen LogP contribution in [0.3, 0.4) is 0 Å². The van der Waals surface area contributed by atoms with E-state index in [0.717, 1.165) is 49.1 Å². The summed E-state index contributed by atoms with van der Waals surface area (Å²) in [6.45, 7) is 5.05. The van der Waals surface area contributed by atoms with Crippen molar-refractivity contribution in [2.75, 3.05) is 25.1 Å². The summed E-state index contributed by atoms with van der Waals surface area (Å²) in [5.74, 6) is 1.19. The maximum atomic E-state index is 12.2. The van der Waals surface area contributed by atoms with E-state index in [9.17, 15) is 4.79 Å². The quantitative estimate of drug-likeness (QED) is 0.794. The molecule has 0 aliphatic carbocycles. The number of nitrogens with one attached hydrogen (secondary N) is 2. The second-order valence-electron chi connectivity index (χ2n) is 6.16. The average Bonchev–Trinajstić information content (AvgIpc) is 3.14. The van der Waals surface area contributed by atoms with Crippen LogP contribution >= 0.6 is 11.3 Å². The van der Waals surface area contributed by atoms with Crippen LogP contribution in [-0.4, -0.2) is 35.6 Å². The molecule has 0 aromatic carbocycles. The first-order valence-corrected chi connectivity index (χ1v) is 9.61. The molecule has 3 heterocycles. The molecule has 134 valence electrons. The van der Waals surface area contributed by atoms with Gasteiger partial charge in [-0.25, -0.2) is 9.97 Å². The van der Waals surface area contributed by atoms with E-state index in [0.29, 0.717) is 18.0 Å². The second kappa shape index (κ2) is 8.92. The van der Waals surface area contributed by atoms with E-state index < -0.39 is 0 Å². The van der Waals surface area contributed by atoms with Gasteiger partial charge in [-0.2, -0.15) is 0 Å². The smallest absolute Gasteiger partial charge is 0.253 e. The molecular weight excluding hydrogens is 336 g/mol. The highest BCUT2D eigenvalue weighted by Crippen LogP contribution is 2.15. The minimum absolute atomic E-state index is 0.132. The van der Waals surface area contributed by atoms with Gasteiger partial charge in [0, 0.05) is 24.7 Å². The Morgan fingerprint density at radius 3 is 3.04 bits per heavy atom. The summed E-state index contributed by atoms with van der Waals surface area (Å²) in [4.78, 5) is 21.0. The zero-order valence-corrected chi connectivity index (χ0v) is 15.3. The van der Waals surface area contributed by atoms with Crippen LogP contribution in [0, 0.1) is 5.92 Å². The molecule has 1 aliphatic heterocycles. The zero-order chi connectivity index (χ0) is 17.5. The van der Waals surface area contributed by atoms with Crippen LogP contribution in [0.15, 0.2) is 23.7 Å². The number of anilines is 1. The molecule has 1 amide bonds. The molecule has 3 rings (SSSR count). The van der Waals surface area contributed by atoms with Crippen molar-refractivity contribution in [1.29, 1.82) is 0 Å². The van der Waals surface area contributed by atoms with Gasteiger partial charge < -0.3 is 15.4 Å². The summed E-state index contributed by atoms with van der Waals surface area (Å²) in [5, 5.41) is 9.16. The predicted octanol–water partition coefficient (Wildman–Crippen LogP) is 2.87. The Labute approximate surface area is 152 Å². The average molecular weight is 360 g/mol. The van der Waals surface area contributed by atoms with E-state index in [2.05, 4.69) is 27.5 Å². The standard InChI is InChI=1S/C18H24N4O2S/c1-2-15-12-25-17(22-15)10-21-18(23)14-5-6-16(20-9-14)19-8-13-4-3-7-24-11-13/h5-6,9,12-13H,2-4,7-8,10-11H2,1H3,(H,19,20)(H,21,23). The molecule has 1 atom stereocenters. The van der Waals surface area contributed by atoms with Gasteiger partial charge in [0.05, 0.1) is 24.4 Å². The molecule has 1 aliphatic rings. The maximum absolute atomic E-state index is 12.2. The Kier molecular flexibility index (Phi) is 6.36. The van der Waals surface area contributed by atoms with Gasteiger partial charge >= 0.3 is 0 Å². The van der Waals surface area contributed by atoms with Crippen molar-refractivity contribution in [3.05, 3.63) is 40.0 Å². The molecular formula is C18H24N4O2S. The molecule has 2 aromatic heterocycles. The molecule has 0 radical (unpaired) electrons. The molecule has 2 N–H and O–H groups in total. The van der Waals surface area contributed by atoms with Gasteiger partial charge in [-0.05, 0) is 37.3 Å². The Morgan fingerprint density at radius 2 is 2.36 bits per heavy atom. The summed E-state index contributed by atoms with van der Waals surface area (Å²) < 4.78 is 5.48. The van der Waals surface area contributed by atoms with E-state index in [-0.39, 0.29) is 5.91 Å². The Bertz CT molecular complexity index is 681. The first kappa shape index (κ1) is 17.8. The van der Waals surface area contributed by atoms with Crippen molar-refractivity contribution in [1.82, 2.24) is 15.3 Å². The Morgan fingerprint density at radius 1 is 1.44 bits per heavy atom. The SMILES string of the molecule is CCc1csc(CNC(=O)c2ccc(NCC3CCCOC3)nc2)n1. The Balaban J connectivity index is 1.46. The van der Waals surface area contributed by atoms with E-state index in [1.807, 2.05) is 11.4 Å². The lowest BCUT2D eigenvalue weighted by atomic mass is 10.0. The highest BCUT2D eigenvalue weighted by Gasteiger charge is 2.14. The number of thiazole rings is 1. The van der Waals surface area contributed by atoms with Gasteiger partial charge in [-0.3, -0.25) is 4.79 Å². The normalized spacial score (nSPS) is 17.2. The largest absolute Gasteiger partial charge is 0.381 e. The van der Waals surface area contributed by atoms with Gasteiger partial charge in [-0.1, -0.05) is 6.92 Å². The fourth-order valence-corrected chi connectivity index (χ4v) is 3.52. The van der Waals surface area contributed by atoms with Gasteiger partial charge in [0.15, 0.2) is 0 Å². The van der Waals surface area contributed by atoms with Crippen LogP contribution < -0.4 is 10.6 Å². The first-order chi connectivity index (χ1) is 12.2. The number of carbonyl (C=O) groups excluding carboxylic acids is 1. The van der Waals surface area contributed by atoms with E-state index in [1.165, 1.54) is 6.42 Å². The van der Waals surface area contributed by atoms with Crippen molar-refractivity contribution >= 4 is 23.1 Å². The fourth-order valence-electron chi connectivity index (χ4n) is 2.70. The van der Waals surface area contributed by atoms with Crippen LogP contribution in [0.1, 0.15) is 40.8 Å². The highest BCUT2D eigenvalue weighted by molar-refractivity contribution is 7.09. The number of hydrogen-bond donors (Lipinski definition) is 2. The third-order valence-electron chi connectivity index (χ3n) is 4.21. The third kappa shape index (κ3) is 5.24. The number of aryl methyl sites for hydroxylation is 1. The number of hydrogen-bond acceptors (Lipinski definition) is 6. The van der Waals surface area contributed by atoms with Gasteiger partial charge in [0.1, 0.15) is 10.8 Å². The molecule has 2 aromatic rings. The number of carbonyl (C=O) groups is 1. The molecule has 7 heteroatoms. The van der Waals surface area contributed by atoms with Crippen molar-refractivity contribution in [3.63, 3.8) is 0 Å². The summed E-state index contributed by atoms with van der Waals surface area (Å²) in [5.41, 5.74) is 1.62. The van der Waals surface area contributed by atoms with E-state index >= 15 is 0 Å². The molecule has 0 saturated carbocycles. The van der Waals surface area contributed by atoms with Gasteiger partial charge in [0.2, 0.25) is 0 Å². The predicted molar refractivity (Wildman–Crippen MR) is 98.9 cm³/mol. The molecule has 6 nitrogen and oxygen atoms in total. The van der Waals surface area contributed by atoms with Crippen LogP contribution in [0.25, 0.3) is 0 Å². The Hall–Kier alpha value is -1.99. The minimum Gasteiger partial charge on any atom is -0.381 e. The number of amides is 1. The highest BCUT2D eigenvalue weighted by atomic mass is 32.1. The van der Waals surface area contributed by atoms with E-state index in [4.69, 9.17) is 4.74 Å². The summed E-state index contributed by atoms with van der Waals surface area (Å²) in [6.07, 6.45) is 4.83.